The van der Waals surface area contributed by atoms with Crippen LogP contribution in [0.5, 0.6) is 5.75 Å². The minimum atomic E-state index is -0.258. The molecule has 0 unspecified atom stereocenters. The highest BCUT2D eigenvalue weighted by molar-refractivity contribution is 6.11. The lowest BCUT2D eigenvalue weighted by atomic mass is 10.0. The summed E-state index contributed by atoms with van der Waals surface area (Å²) in [7, 11) is 1.55. The van der Waals surface area contributed by atoms with Gasteiger partial charge in [0.15, 0.2) is 5.76 Å². The minimum absolute atomic E-state index is 0.224. The number of benzene rings is 2. The molecule has 2 heterocycles. The number of amides is 1. The molecule has 0 saturated carbocycles. The van der Waals surface area contributed by atoms with Crippen molar-refractivity contribution in [3.8, 4) is 5.75 Å². The number of methoxy groups -OCH3 is 1. The fraction of sp³-hybridized carbons (Fsp3) is 0.0870. The molecular weight excluding hydrogens is 368 g/mol. The molecule has 2 aromatic heterocycles. The van der Waals surface area contributed by atoms with Gasteiger partial charge in [-0.3, -0.25) is 14.6 Å². The van der Waals surface area contributed by atoms with Crippen molar-refractivity contribution in [2.24, 2.45) is 0 Å². The number of ether oxygens (including phenoxy) is 1. The average Bonchev–Trinajstić information content (AvgIpc) is 3.10. The lowest BCUT2D eigenvalue weighted by molar-refractivity contribution is 0.101. The molecule has 6 heteroatoms. The van der Waals surface area contributed by atoms with Gasteiger partial charge >= 0.3 is 0 Å². The third-order valence-corrected chi connectivity index (χ3v) is 4.66. The first kappa shape index (κ1) is 18.4. The number of hydrogen-bond donors (Lipinski definition) is 1. The molecule has 0 aliphatic rings. The van der Waals surface area contributed by atoms with Gasteiger partial charge in [0.05, 0.1) is 12.7 Å². The number of nitrogens with zero attached hydrogens (tertiary/aromatic N) is 1. The molecule has 0 aliphatic heterocycles. The Morgan fingerprint density at radius 1 is 1.03 bits per heavy atom. The second-order valence-corrected chi connectivity index (χ2v) is 6.52. The summed E-state index contributed by atoms with van der Waals surface area (Å²) < 4.78 is 11.0. The SMILES string of the molecule is COc1cccc(C(=O)c2oc3ccc(NC(=O)c4cccnc4)cc3c2C)c1. The molecule has 0 fully saturated rings. The van der Waals surface area contributed by atoms with Crippen LogP contribution < -0.4 is 10.1 Å². The standard InChI is InChI=1S/C23H18N2O4/c1-14-19-12-17(25-23(27)16-6-4-10-24-13-16)8-9-20(19)29-22(14)21(26)15-5-3-7-18(11-15)28-2/h3-13H,1-2H3,(H,25,27). The van der Waals surface area contributed by atoms with Gasteiger partial charge in [-0.2, -0.15) is 0 Å². The van der Waals surface area contributed by atoms with Gasteiger partial charge in [-0.05, 0) is 49.4 Å². The monoisotopic (exact) mass is 386 g/mol. The molecule has 1 N–H and O–H groups in total. The van der Waals surface area contributed by atoms with Gasteiger partial charge in [0.25, 0.3) is 5.91 Å². The van der Waals surface area contributed by atoms with Gasteiger partial charge in [0, 0.05) is 34.6 Å². The summed E-state index contributed by atoms with van der Waals surface area (Å²) in [5.74, 6) is 0.388. The van der Waals surface area contributed by atoms with Crippen LogP contribution in [0.25, 0.3) is 11.0 Å². The third-order valence-electron chi connectivity index (χ3n) is 4.66. The first-order valence-electron chi connectivity index (χ1n) is 9.00. The minimum Gasteiger partial charge on any atom is -0.497 e. The Morgan fingerprint density at radius 3 is 2.62 bits per heavy atom. The van der Waals surface area contributed by atoms with E-state index >= 15 is 0 Å². The highest BCUT2D eigenvalue weighted by atomic mass is 16.5. The van der Waals surface area contributed by atoms with Crippen molar-refractivity contribution in [3.63, 3.8) is 0 Å². The number of carbonyl (C=O) groups is 2. The first-order valence-corrected chi connectivity index (χ1v) is 9.00. The highest BCUT2D eigenvalue weighted by Gasteiger charge is 2.20. The normalized spacial score (nSPS) is 10.7. The van der Waals surface area contributed by atoms with Crippen LogP contribution >= 0.6 is 0 Å². The number of pyridine rings is 1. The highest BCUT2D eigenvalue weighted by Crippen LogP contribution is 2.30. The van der Waals surface area contributed by atoms with Crippen LogP contribution in [0.3, 0.4) is 0 Å². The Bertz CT molecular complexity index is 1210. The summed E-state index contributed by atoms with van der Waals surface area (Å²) >= 11 is 0. The summed E-state index contributed by atoms with van der Waals surface area (Å²) in [4.78, 5) is 29.2. The molecule has 0 atom stereocenters. The molecule has 4 rings (SSSR count). The van der Waals surface area contributed by atoms with Crippen molar-refractivity contribution in [3.05, 3.63) is 89.4 Å². The van der Waals surface area contributed by atoms with Crippen LogP contribution in [0.4, 0.5) is 5.69 Å². The van der Waals surface area contributed by atoms with E-state index in [1.165, 1.54) is 6.20 Å². The van der Waals surface area contributed by atoms with E-state index < -0.39 is 0 Å². The van der Waals surface area contributed by atoms with Crippen LogP contribution in [0.2, 0.25) is 0 Å². The topological polar surface area (TPSA) is 81.4 Å². The maximum Gasteiger partial charge on any atom is 0.257 e. The average molecular weight is 386 g/mol. The predicted molar refractivity (Wildman–Crippen MR) is 110 cm³/mol. The maximum absolute atomic E-state index is 12.9. The second-order valence-electron chi connectivity index (χ2n) is 6.52. The van der Waals surface area contributed by atoms with E-state index in [0.29, 0.717) is 33.7 Å². The Morgan fingerprint density at radius 2 is 1.86 bits per heavy atom. The van der Waals surface area contributed by atoms with Crippen molar-refractivity contribution in [1.82, 2.24) is 4.98 Å². The lowest BCUT2D eigenvalue weighted by Gasteiger charge is -2.05. The van der Waals surface area contributed by atoms with E-state index in [0.717, 1.165) is 5.39 Å². The zero-order valence-corrected chi connectivity index (χ0v) is 15.9. The van der Waals surface area contributed by atoms with Crippen molar-refractivity contribution >= 4 is 28.3 Å². The molecule has 0 aliphatic carbocycles. The van der Waals surface area contributed by atoms with E-state index in [1.807, 2.05) is 6.92 Å². The van der Waals surface area contributed by atoms with E-state index in [4.69, 9.17) is 9.15 Å². The van der Waals surface area contributed by atoms with E-state index in [9.17, 15) is 9.59 Å². The van der Waals surface area contributed by atoms with Gasteiger partial charge in [-0.15, -0.1) is 0 Å². The van der Waals surface area contributed by atoms with Gasteiger partial charge in [0.2, 0.25) is 5.78 Å². The lowest BCUT2D eigenvalue weighted by Crippen LogP contribution is -2.11. The number of furan rings is 1. The first-order chi connectivity index (χ1) is 14.1. The Kier molecular flexibility index (Phi) is 4.83. The van der Waals surface area contributed by atoms with E-state index in [-0.39, 0.29) is 17.5 Å². The zero-order valence-electron chi connectivity index (χ0n) is 15.9. The van der Waals surface area contributed by atoms with Crippen LogP contribution in [-0.4, -0.2) is 23.8 Å². The molecule has 0 radical (unpaired) electrons. The number of hydrogen-bond acceptors (Lipinski definition) is 5. The van der Waals surface area contributed by atoms with Crippen LogP contribution in [0.1, 0.15) is 32.0 Å². The molecule has 4 aromatic rings. The predicted octanol–water partition coefficient (Wildman–Crippen LogP) is 4.63. The summed E-state index contributed by atoms with van der Waals surface area (Å²) in [6.07, 6.45) is 3.11. The number of aromatic nitrogens is 1. The van der Waals surface area contributed by atoms with Gasteiger partial charge in [-0.1, -0.05) is 12.1 Å². The van der Waals surface area contributed by atoms with Gasteiger partial charge < -0.3 is 14.5 Å². The van der Waals surface area contributed by atoms with Crippen LogP contribution in [0, 0.1) is 6.92 Å². The summed E-state index contributed by atoms with van der Waals surface area (Å²) in [5.41, 5.74) is 2.84. The number of nitrogens with one attached hydrogen (secondary N) is 1. The van der Waals surface area contributed by atoms with E-state index in [1.54, 1.807) is 67.9 Å². The Labute approximate surface area is 167 Å². The molecule has 0 spiro atoms. The van der Waals surface area contributed by atoms with Crippen LogP contribution in [0.15, 0.2) is 71.4 Å². The van der Waals surface area contributed by atoms with Gasteiger partial charge in [0.1, 0.15) is 11.3 Å². The Balaban J connectivity index is 1.65. The number of aryl methyl sites for hydroxylation is 1. The number of carbonyl (C=O) groups excluding carboxylic acids is 2. The Hall–Kier alpha value is -3.93. The quantitative estimate of drug-likeness (QED) is 0.506. The summed E-state index contributed by atoms with van der Waals surface area (Å²) in [6.45, 7) is 1.83. The van der Waals surface area contributed by atoms with Crippen molar-refractivity contribution in [2.45, 2.75) is 6.92 Å². The molecule has 29 heavy (non-hydrogen) atoms. The van der Waals surface area contributed by atoms with Crippen LogP contribution in [-0.2, 0) is 0 Å². The van der Waals surface area contributed by atoms with Crippen molar-refractivity contribution in [1.29, 1.82) is 0 Å². The number of anilines is 1. The number of ketones is 1. The van der Waals surface area contributed by atoms with E-state index in [2.05, 4.69) is 10.3 Å². The van der Waals surface area contributed by atoms with Crippen molar-refractivity contribution < 1.29 is 18.7 Å². The van der Waals surface area contributed by atoms with Gasteiger partial charge in [-0.25, -0.2) is 0 Å². The molecule has 0 saturated heterocycles. The maximum atomic E-state index is 12.9. The summed E-state index contributed by atoms with van der Waals surface area (Å²) in [5, 5.41) is 3.60. The fourth-order valence-electron chi connectivity index (χ4n) is 3.11. The number of fused-ring (bicyclic) bond motifs is 1. The third kappa shape index (κ3) is 3.60. The van der Waals surface area contributed by atoms with Crippen molar-refractivity contribution in [2.75, 3.05) is 12.4 Å². The summed E-state index contributed by atoms with van der Waals surface area (Å²) in [6, 6.07) is 15.6. The molecular formula is C23H18N2O4. The second kappa shape index (κ2) is 7.59. The molecule has 6 nitrogen and oxygen atoms in total. The molecule has 144 valence electrons. The zero-order chi connectivity index (χ0) is 20.4. The molecule has 2 aromatic carbocycles. The smallest absolute Gasteiger partial charge is 0.257 e. The molecule has 1 amide bonds. The molecule has 0 bridgehead atoms. The fourth-order valence-corrected chi connectivity index (χ4v) is 3.11. The number of rotatable bonds is 5. The largest absolute Gasteiger partial charge is 0.497 e.